The highest BCUT2D eigenvalue weighted by molar-refractivity contribution is 6.36. The molecule has 1 N–H and O–H groups in total. The van der Waals surface area contributed by atoms with Crippen molar-refractivity contribution in [2.75, 3.05) is 16.8 Å². The van der Waals surface area contributed by atoms with Crippen molar-refractivity contribution < 1.29 is 24.0 Å². The number of carbonyl (C=O) groups excluding carboxylic acids is 3. The lowest BCUT2D eigenvalue weighted by Crippen LogP contribution is -2.29. The average molecular weight is 355 g/mol. The van der Waals surface area contributed by atoms with E-state index in [4.69, 9.17) is 4.74 Å². The number of nitro benzene ring substituents is 1. The van der Waals surface area contributed by atoms with Crippen molar-refractivity contribution in [3.8, 4) is 0 Å². The van der Waals surface area contributed by atoms with Gasteiger partial charge in [0.15, 0.2) is 0 Å². The molecule has 9 heteroatoms. The van der Waals surface area contributed by atoms with Gasteiger partial charge < -0.3 is 4.74 Å². The maximum absolute atomic E-state index is 12.8. The third-order valence-electron chi connectivity index (χ3n) is 3.73. The van der Waals surface area contributed by atoms with Crippen LogP contribution >= 0.6 is 0 Å². The third-order valence-corrected chi connectivity index (χ3v) is 3.73. The van der Waals surface area contributed by atoms with Gasteiger partial charge in [0, 0.05) is 12.1 Å². The number of nitro groups is 1. The maximum atomic E-state index is 12.8. The van der Waals surface area contributed by atoms with Gasteiger partial charge in [-0.3, -0.25) is 25.0 Å². The predicted octanol–water partition coefficient (Wildman–Crippen LogP) is 2.96. The van der Waals surface area contributed by atoms with E-state index in [1.165, 1.54) is 36.4 Å². The summed E-state index contributed by atoms with van der Waals surface area (Å²) in [5.74, 6) is -1.31. The van der Waals surface area contributed by atoms with Crippen molar-refractivity contribution in [1.82, 2.24) is 0 Å². The molecule has 0 saturated heterocycles. The summed E-state index contributed by atoms with van der Waals surface area (Å²) < 4.78 is 4.79. The molecule has 0 spiro atoms. The van der Waals surface area contributed by atoms with Crippen LogP contribution in [-0.4, -0.2) is 29.4 Å². The number of non-ortho nitro benzene ring substituents is 1. The van der Waals surface area contributed by atoms with Crippen LogP contribution in [0.25, 0.3) is 0 Å². The van der Waals surface area contributed by atoms with Crippen LogP contribution in [-0.2, 0) is 4.74 Å². The summed E-state index contributed by atoms with van der Waals surface area (Å²) in [6.07, 6.45) is -0.755. The summed E-state index contributed by atoms with van der Waals surface area (Å²) in [4.78, 5) is 48.3. The third kappa shape index (κ3) is 2.86. The SMILES string of the molecule is CCOC(=O)Nc1cccc2c1C(=O)N(c1cccc([N+](=O)[O-])c1)C2=O. The Bertz CT molecular complexity index is 940. The minimum Gasteiger partial charge on any atom is -0.450 e. The molecule has 2 aromatic carbocycles. The number of nitrogens with one attached hydrogen (secondary N) is 1. The second-order valence-electron chi connectivity index (χ2n) is 5.30. The Morgan fingerprint density at radius 2 is 1.92 bits per heavy atom. The Morgan fingerprint density at radius 1 is 1.19 bits per heavy atom. The van der Waals surface area contributed by atoms with Gasteiger partial charge in [0.1, 0.15) is 0 Å². The maximum Gasteiger partial charge on any atom is 0.411 e. The van der Waals surface area contributed by atoms with E-state index in [9.17, 15) is 24.5 Å². The van der Waals surface area contributed by atoms with E-state index in [2.05, 4.69) is 5.32 Å². The van der Waals surface area contributed by atoms with E-state index < -0.39 is 22.8 Å². The summed E-state index contributed by atoms with van der Waals surface area (Å²) in [6, 6.07) is 9.64. The van der Waals surface area contributed by atoms with E-state index in [1.54, 1.807) is 6.92 Å². The molecule has 0 saturated carbocycles. The Hall–Kier alpha value is -3.75. The Morgan fingerprint density at radius 3 is 2.62 bits per heavy atom. The number of fused-ring (bicyclic) bond motifs is 1. The van der Waals surface area contributed by atoms with Crippen LogP contribution < -0.4 is 10.2 Å². The molecular weight excluding hydrogens is 342 g/mol. The van der Waals surface area contributed by atoms with Crippen molar-refractivity contribution in [3.05, 3.63) is 63.7 Å². The molecule has 1 heterocycles. The first-order valence-corrected chi connectivity index (χ1v) is 7.64. The predicted molar refractivity (Wildman–Crippen MR) is 91.3 cm³/mol. The number of nitrogens with zero attached hydrogens (tertiary/aromatic N) is 2. The van der Waals surface area contributed by atoms with Crippen molar-refractivity contribution >= 4 is 35.0 Å². The lowest BCUT2D eigenvalue weighted by molar-refractivity contribution is -0.384. The molecule has 132 valence electrons. The average Bonchev–Trinajstić information content (AvgIpc) is 2.87. The van der Waals surface area contributed by atoms with Crippen LogP contribution in [0.2, 0.25) is 0 Å². The number of ether oxygens (including phenoxy) is 1. The zero-order valence-corrected chi connectivity index (χ0v) is 13.6. The zero-order chi connectivity index (χ0) is 18.8. The molecule has 3 rings (SSSR count). The molecule has 0 aromatic heterocycles. The minimum absolute atomic E-state index is 0.0112. The molecule has 9 nitrogen and oxygen atoms in total. The molecule has 0 atom stereocenters. The number of hydrogen-bond donors (Lipinski definition) is 1. The van der Waals surface area contributed by atoms with Gasteiger partial charge in [-0.15, -0.1) is 0 Å². The van der Waals surface area contributed by atoms with Gasteiger partial charge in [0.25, 0.3) is 17.5 Å². The molecule has 0 fully saturated rings. The van der Waals surface area contributed by atoms with Gasteiger partial charge in [0.2, 0.25) is 0 Å². The van der Waals surface area contributed by atoms with Crippen LogP contribution in [0.3, 0.4) is 0 Å². The fraction of sp³-hybridized carbons (Fsp3) is 0.118. The molecule has 1 aliphatic rings. The fourth-order valence-electron chi connectivity index (χ4n) is 2.65. The molecule has 1 aliphatic heterocycles. The second kappa shape index (κ2) is 6.63. The normalized spacial score (nSPS) is 12.7. The first kappa shape index (κ1) is 17.1. The lowest BCUT2D eigenvalue weighted by atomic mass is 10.1. The van der Waals surface area contributed by atoms with E-state index in [-0.39, 0.29) is 34.8 Å². The van der Waals surface area contributed by atoms with Crippen molar-refractivity contribution in [3.63, 3.8) is 0 Å². The standard InChI is InChI=1S/C17H13N3O6/c1-2-26-17(23)18-13-8-4-7-12-14(13)16(22)19(15(12)21)10-5-3-6-11(9-10)20(24)25/h3-9H,2H2,1H3,(H,18,23). The topological polar surface area (TPSA) is 119 Å². The summed E-state index contributed by atoms with van der Waals surface area (Å²) in [5.41, 5.74) is 0.0662. The number of amides is 3. The monoisotopic (exact) mass is 355 g/mol. The summed E-state index contributed by atoms with van der Waals surface area (Å²) in [5, 5.41) is 13.4. The second-order valence-corrected chi connectivity index (χ2v) is 5.30. The summed E-state index contributed by atoms with van der Waals surface area (Å²) in [6.45, 7) is 1.78. The van der Waals surface area contributed by atoms with Gasteiger partial charge in [-0.25, -0.2) is 9.69 Å². The van der Waals surface area contributed by atoms with Crippen LogP contribution in [0, 0.1) is 10.1 Å². The Kier molecular flexibility index (Phi) is 4.36. The number of carbonyl (C=O) groups is 3. The fourth-order valence-corrected chi connectivity index (χ4v) is 2.65. The molecule has 0 aliphatic carbocycles. The number of rotatable bonds is 4. The smallest absolute Gasteiger partial charge is 0.411 e. The van der Waals surface area contributed by atoms with Gasteiger partial charge >= 0.3 is 6.09 Å². The highest BCUT2D eigenvalue weighted by Gasteiger charge is 2.39. The molecule has 0 radical (unpaired) electrons. The molecular formula is C17H13N3O6. The van der Waals surface area contributed by atoms with Gasteiger partial charge in [-0.05, 0) is 25.1 Å². The first-order valence-electron chi connectivity index (χ1n) is 7.64. The van der Waals surface area contributed by atoms with Crippen LogP contribution in [0.4, 0.5) is 21.9 Å². The number of anilines is 2. The van der Waals surface area contributed by atoms with Crippen LogP contribution in [0.15, 0.2) is 42.5 Å². The van der Waals surface area contributed by atoms with E-state index >= 15 is 0 Å². The minimum atomic E-state index is -0.755. The van der Waals surface area contributed by atoms with Crippen LogP contribution in [0.5, 0.6) is 0 Å². The lowest BCUT2D eigenvalue weighted by Gasteiger charge is -2.13. The molecule has 0 bridgehead atoms. The van der Waals surface area contributed by atoms with Gasteiger partial charge in [0.05, 0.1) is 34.0 Å². The first-order chi connectivity index (χ1) is 12.4. The Labute approximate surface area is 147 Å². The number of benzene rings is 2. The highest BCUT2D eigenvalue weighted by atomic mass is 16.6. The van der Waals surface area contributed by atoms with Crippen molar-refractivity contribution in [1.29, 1.82) is 0 Å². The van der Waals surface area contributed by atoms with Crippen molar-refractivity contribution in [2.45, 2.75) is 6.92 Å². The van der Waals surface area contributed by atoms with Crippen molar-refractivity contribution in [2.24, 2.45) is 0 Å². The van der Waals surface area contributed by atoms with Crippen LogP contribution in [0.1, 0.15) is 27.6 Å². The number of imide groups is 1. The Balaban J connectivity index is 2.01. The van der Waals surface area contributed by atoms with E-state index in [1.807, 2.05) is 0 Å². The quantitative estimate of drug-likeness (QED) is 0.511. The summed E-state index contributed by atoms with van der Waals surface area (Å²) in [7, 11) is 0. The van der Waals surface area contributed by atoms with Gasteiger partial charge in [-0.1, -0.05) is 12.1 Å². The highest BCUT2D eigenvalue weighted by Crippen LogP contribution is 2.34. The van der Waals surface area contributed by atoms with E-state index in [0.29, 0.717) is 0 Å². The molecule has 3 amide bonds. The molecule has 0 unspecified atom stereocenters. The molecule has 2 aromatic rings. The van der Waals surface area contributed by atoms with Gasteiger partial charge in [-0.2, -0.15) is 0 Å². The molecule has 26 heavy (non-hydrogen) atoms. The zero-order valence-electron chi connectivity index (χ0n) is 13.6. The van der Waals surface area contributed by atoms with E-state index in [0.717, 1.165) is 11.0 Å². The number of hydrogen-bond acceptors (Lipinski definition) is 6. The largest absolute Gasteiger partial charge is 0.450 e. The summed E-state index contributed by atoms with van der Waals surface area (Å²) >= 11 is 0.